The SMILES string of the molecule is CCCCCCCCCCCc1nc(O)c(C)[nH]1. The predicted molar refractivity (Wildman–Crippen MR) is 75.9 cm³/mol. The van der Waals surface area contributed by atoms with Gasteiger partial charge in [0.2, 0.25) is 5.88 Å². The van der Waals surface area contributed by atoms with Crippen molar-refractivity contribution >= 4 is 0 Å². The molecule has 1 aromatic heterocycles. The van der Waals surface area contributed by atoms with E-state index in [0.29, 0.717) is 0 Å². The van der Waals surface area contributed by atoms with Crippen molar-refractivity contribution in [2.24, 2.45) is 0 Å². The Morgan fingerprint density at radius 2 is 1.50 bits per heavy atom. The van der Waals surface area contributed by atoms with E-state index in [0.717, 1.165) is 17.9 Å². The highest BCUT2D eigenvalue weighted by atomic mass is 16.3. The largest absolute Gasteiger partial charge is 0.492 e. The number of H-pyrrole nitrogens is 1. The first kappa shape index (κ1) is 15.1. The maximum atomic E-state index is 9.34. The first-order valence-corrected chi connectivity index (χ1v) is 7.48. The molecule has 0 radical (unpaired) electrons. The molecule has 18 heavy (non-hydrogen) atoms. The second-order valence-corrected chi connectivity index (χ2v) is 5.21. The van der Waals surface area contributed by atoms with Crippen LogP contribution in [0, 0.1) is 6.92 Å². The van der Waals surface area contributed by atoms with Gasteiger partial charge >= 0.3 is 0 Å². The van der Waals surface area contributed by atoms with Crippen LogP contribution in [0.4, 0.5) is 0 Å². The second kappa shape index (κ2) is 9.01. The third-order valence-corrected chi connectivity index (χ3v) is 3.43. The highest BCUT2D eigenvalue weighted by molar-refractivity contribution is 5.17. The van der Waals surface area contributed by atoms with Gasteiger partial charge in [0.15, 0.2) is 0 Å². The summed E-state index contributed by atoms with van der Waals surface area (Å²) >= 11 is 0. The number of aryl methyl sites for hydroxylation is 2. The molecule has 1 heterocycles. The third-order valence-electron chi connectivity index (χ3n) is 3.43. The van der Waals surface area contributed by atoms with Crippen LogP contribution in [-0.2, 0) is 6.42 Å². The molecule has 0 atom stereocenters. The smallest absolute Gasteiger partial charge is 0.232 e. The fourth-order valence-electron chi connectivity index (χ4n) is 2.23. The normalized spacial score (nSPS) is 11.0. The van der Waals surface area contributed by atoms with Gasteiger partial charge in [-0.1, -0.05) is 58.3 Å². The second-order valence-electron chi connectivity index (χ2n) is 5.21. The number of aromatic hydroxyl groups is 1. The number of hydrogen-bond donors (Lipinski definition) is 2. The van der Waals surface area contributed by atoms with Gasteiger partial charge in [0, 0.05) is 6.42 Å². The lowest BCUT2D eigenvalue weighted by atomic mass is 10.1. The molecule has 2 N–H and O–H groups in total. The predicted octanol–water partition coefficient (Wildman–Crippen LogP) is 4.50. The van der Waals surface area contributed by atoms with E-state index in [1.807, 2.05) is 6.92 Å². The van der Waals surface area contributed by atoms with Gasteiger partial charge in [-0.25, -0.2) is 0 Å². The molecular weight excluding hydrogens is 224 g/mol. The standard InChI is InChI=1S/C15H28N2O/c1-3-4-5-6-7-8-9-10-11-12-14-16-13(2)15(18)17-14/h18H,3-12H2,1-2H3,(H,16,17). The molecule has 0 aromatic carbocycles. The minimum absolute atomic E-state index is 0.154. The zero-order valence-electron chi connectivity index (χ0n) is 12.0. The Kier molecular flexibility index (Phi) is 7.54. The van der Waals surface area contributed by atoms with E-state index in [1.54, 1.807) is 0 Å². The Balaban J connectivity index is 1.92. The van der Waals surface area contributed by atoms with Crippen LogP contribution >= 0.6 is 0 Å². The van der Waals surface area contributed by atoms with E-state index >= 15 is 0 Å². The number of hydrogen-bond acceptors (Lipinski definition) is 2. The molecule has 0 bridgehead atoms. The van der Waals surface area contributed by atoms with E-state index in [1.165, 1.54) is 57.8 Å². The molecule has 0 spiro atoms. The molecule has 3 heteroatoms. The number of unbranched alkanes of at least 4 members (excludes halogenated alkanes) is 8. The van der Waals surface area contributed by atoms with Gasteiger partial charge in [0.05, 0.1) is 5.69 Å². The van der Waals surface area contributed by atoms with E-state index in [2.05, 4.69) is 16.9 Å². The lowest BCUT2D eigenvalue weighted by Gasteiger charge is -2.01. The van der Waals surface area contributed by atoms with E-state index < -0.39 is 0 Å². The number of aromatic amines is 1. The van der Waals surface area contributed by atoms with Crippen molar-refractivity contribution in [2.45, 2.75) is 78.1 Å². The van der Waals surface area contributed by atoms with Gasteiger partial charge in [-0.3, -0.25) is 0 Å². The van der Waals surface area contributed by atoms with Gasteiger partial charge in [-0.05, 0) is 13.3 Å². The van der Waals surface area contributed by atoms with Crippen molar-refractivity contribution in [1.82, 2.24) is 9.97 Å². The zero-order valence-corrected chi connectivity index (χ0v) is 12.0. The Morgan fingerprint density at radius 3 is 2.00 bits per heavy atom. The van der Waals surface area contributed by atoms with Crippen molar-refractivity contribution in [2.75, 3.05) is 0 Å². The summed E-state index contributed by atoms with van der Waals surface area (Å²) in [7, 11) is 0. The minimum Gasteiger partial charge on any atom is -0.492 e. The molecule has 3 nitrogen and oxygen atoms in total. The molecule has 0 aliphatic heterocycles. The Morgan fingerprint density at radius 1 is 0.944 bits per heavy atom. The summed E-state index contributed by atoms with van der Waals surface area (Å²) in [6, 6.07) is 0. The van der Waals surface area contributed by atoms with E-state index in [-0.39, 0.29) is 5.88 Å². The van der Waals surface area contributed by atoms with Crippen LogP contribution in [0.2, 0.25) is 0 Å². The number of rotatable bonds is 10. The van der Waals surface area contributed by atoms with E-state index in [9.17, 15) is 5.11 Å². The number of aromatic nitrogens is 2. The monoisotopic (exact) mass is 252 g/mol. The molecular formula is C15H28N2O. The minimum atomic E-state index is 0.154. The first-order valence-electron chi connectivity index (χ1n) is 7.48. The fraction of sp³-hybridized carbons (Fsp3) is 0.800. The Labute approximate surface area is 111 Å². The summed E-state index contributed by atoms with van der Waals surface area (Å²) in [5.41, 5.74) is 0.779. The molecule has 0 unspecified atom stereocenters. The maximum Gasteiger partial charge on any atom is 0.232 e. The van der Waals surface area contributed by atoms with Crippen molar-refractivity contribution in [3.05, 3.63) is 11.5 Å². The highest BCUT2D eigenvalue weighted by Crippen LogP contribution is 2.14. The zero-order chi connectivity index (χ0) is 13.2. The number of nitrogens with one attached hydrogen (secondary N) is 1. The van der Waals surface area contributed by atoms with Crippen LogP contribution in [0.25, 0.3) is 0 Å². The fourth-order valence-corrected chi connectivity index (χ4v) is 2.23. The van der Waals surface area contributed by atoms with Crippen LogP contribution in [0.15, 0.2) is 0 Å². The molecule has 0 saturated heterocycles. The quantitative estimate of drug-likeness (QED) is 0.602. The highest BCUT2D eigenvalue weighted by Gasteiger charge is 2.03. The van der Waals surface area contributed by atoms with Crippen LogP contribution in [-0.4, -0.2) is 15.1 Å². The molecule has 0 fully saturated rings. The van der Waals surface area contributed by atoms with E-state index in [4.69, 9.17) is 0 Å². The van der Waals surface area contributed by atoms with Crippen LogP contribution in [0.3, 0.4) is 0 Å². The first-order chi connectivity index (χ1) is 8.74. The molecule has 104 valence electrons. The molecule has 1 rings (SSSR count). The van der Waals surface area contributed by atoms with Crippen molar-refractivity contribution in [3.63, 3.8) is 0 Å². The summed E-state index contributed by atoms with van der Waals surface area (Å²) in [4.78, 5) is 7.19. The van der Waals surface area contributed by atoms with Gasteiger partial charge in [-0.15, -0.1) is 0 Å². The molecule has 0 saturated carbocycles. The third kappa shape index (κ3) is 6.08. The summed E-state index contributed by atoms with van der Waals surface area (Å²) in [5.74, 6) is 1.08. The molecule has 0 aliphatic rings. The average Bonchev–Trinajstić information content (AvgIpc) is 2.67. The van der Waals surface area contributed by atoms with Crippen molar-refractivity contribution in [1.29, 1.82) is 0 Å². The van der Waals surface area contributed by atoms with Crippen molar-refractivity contribution < 1.29 is 5.11 Å². The van der Waals surface area contributed by atoms with Crippen LogP contribution in [0.1, 0.15) is 76.2 Å². The Bertz CT molecular complexity index is 301. The Hall–Kier alpha value is -0.990. The lowest BCUT2D eigenvalue weighted by Crippen LogP contribution is -1.89. The summed E-state index contributed by atoms with van der Waals surface area (Å²) in [6.45, 7) is 4.11. The van der Waals surface area contributed by atoms with Gasteiger partial charge in [0.25, 0.3) is 0 Å². The van der Waals surface area contributed by atoms with Gasteiger partial charge in [-0.2, -0.15) is 4.98 Å². The summed E-state index contributed by atoms with van der Waals surface area (Å²) in [6.07, 6.45) is 13.0. The molecule has 0 amide bonds. The van der Waals surface area contributed by atoms with Gasteiger partial charge in [0.1, 0.15) is 5.82 Å². The van der Waals surface area contributed by atoms with Crippen LogP contribution < -0.4 is 0 Å². The molecule has 1 aromatic rings. The topological polar surface area (TPSA) is 48.9 Å². The van der Waals surface area contributed by atoms with Crippen molar-refractivity contribution in [3.8, 4) is 5.88 Å². The average molecular weight is 252 g/mol. The molecule has 0 aliphatic carbocycles. The lowest BCUT2D eigenvalue weighted by molar-refractivity contribution is 0.451. The van der Waals surface area contributed by atoms with Crippen LogP contribution in [0.5, 0.6) is 5.88 Å². The maximum absolute atomic E-state index is 9.34. The van der Waals surface area contributed by atoms with Gasteiger partial charge < -0.3 is 10.1 Å². The summed E-state index contributed by atoms with van der Waals surface area (Å²) in [5, 5.41) is 9.34. The summed E-state index contributed by atoms with van der Waals surface area (Å²) < 4.78 is 0. The number of imidazole rings is 1. The number of nitrogens with zero attached hydrogens (tertiary/aromatic N) is 1.